The monoisotopic (exact) mass is 275 g/mol. The Morgan fingerprint density at radius 1 is 1.15 bits per heavy atom. The standard InChI is InChI=1S/C16H21NO3/c1-2-4-14(5-3-1)6-7-16-19-13-15(20-16)12-17-8-10-18-11-9-17/h1-7,15-16H,8-13H2/b7-6+/t15-,16-/m0/s1. The molecule has 2 saturated heterocycles. The Balaban J connectivity index is 1.46. The SMILES string of the molecule is C(=C\[C@H]1OC[C@H](CN2CCOCC2)O1)/c1ccccc1. The van der Waals surface area contributed by atoms with Crippen molar-refractivity contribution in [2.45, 2.75) is 12.4 Å². The fourth-order valence-corrected chi connectivity index (χ4v) is 2.49. The van der Waals surface area contributed by atoms with Crippen molar-refractivity contribution in [3.63, 3.8) is 0 Å². The lowest BCUT2D eigenvalue weighted by Gasteiger charge is -2.28. The number of hydrogen-bond acceptors (Lipinski definition) is 4. The molecule has 2 fully saturated rings. The fraction of sp³-hybridized carbons (Fsp3) is 0.500. The second-order valence-corrected chi connectivity index (χ2v) is 5.14. The second-order valence-electron chi connectivity index (χ2n) is 5.14. The summed E-state index contributed by atoms with van der Waals surface area (Å²) in [5.41, 5.74) is 1.16. The maximum Gasteiger partial charge on any atom is 0.177 e. The highest BCUT2D eigenvalue weighted by Gasteiger charge is 2.26. The summed E-state index contributed by atoms with van der Waals surface area (Å²) < 4.78 is 16.9. The lowest BCUT2D eigenvalue weighted by atomic mass is 10.2. The summed E-state index contributed by atoms with van der Waals surface area (Å²) in [6.45, 7) is 5.23. The van der Waals surface area contributed by atoms with E-state index in [1.807, 2.05) is 30.4 Å². The quantitative estimate of drug-likeness (QED) is 0.838. The van der Waals surface area contributed by atoms with Gasteiger partial charge in [-0.3, -0.25) is 4.90 Å². The molecule has 1 aromatic rings. The van der Waals surface area contributed by atoms with E-state index in [-0.39, 0.29) is 12.4 Å². The van der Waals surface area contributed by atoms with Gasteiger partial charge in [-0.25, -0.2) is 0 Å². The Kier molecular flexibility index (Phi) is 4.82. The van der Waals surface area contributed by atoms with Gasteiger partial charge in [-0.15, -0.1) is 0 Å². The molecule has 0 unspecified atom stereocenters. The lowest BCUT2D eigenvalue weighted by molar-refractivity contribution is -0.0340. The number of hydrogen-bond donors (Lipinski definition) is 0. The first-order chi connectivity index (χ1) is 9.90. The molecule has 0 aliphatic carbocycles. The van der Waals surface area contributed by atoms with Gasteiger partial charge < -0.3 is 14.2 Å². The summed E-state index contributed by atoms with van der Waals surface area (Å²) in [6.07, 6.45) is 3.97. The first kappa shape index (κ1) is 13.8. The largest absolute Gasteiger partial charge is 0.379 e. The van der Waals surface area contributed by atoms with E-state index in [9.17, 15) is 0 Å². The van der Waals surface area contributed by atoms with Crippen LogP contribution < -0.4 is 0 Å². The molecule has 4 heteroatoms. The molecule has 2 atom stereocenters. The predicted molar refractivity (Wildman–Crippen MR) is 77.3 cm³/mol. The van der Waals surface area contributed by atoms with Crippen LogP contribution in [0.25, 0.3) is 6.08 Å². The van der Waals surface area contributed by atoms with Crippen LogP contribution in [0.15, 0.2) is 36.4 Å². The number of morpholine rings is 1. The predicted octanol–water partition coefficient (Wildman–Crippen LogP) is 1.77. The Morgan fingerprint density at radius 2 is 1.95 bits per heavy atom. The third kappa shape index (κ3) is 3.90. The lowest BCUT2D eigenvalue weighted by Crippen LogP contribution is -2.41. The molecule has 2 aliphatic heterocycles. The molecule has 3 rings (SSSR count). The molecule has 0 bridgehead atoms. The van der Waals surface area contributed by atoms with Crippen LogP contribution in [0.1, 0.15) is 5.56 Å². The molecule has 20 heavy (non-hydrogen) atoms. The highest BCUT2D eigenvalue weighted by molar-refractivity contribution is 5.49. The summed E-state index contributed by atoms with van der Waals surface area (Å²) in [6, 6.07) is 10.2. The topological polar surface area (TPSA) is 30.9 Å². The summed E-state index contributed by atoms with van der Waals surface area (Å²) in [5.74, 6) is 0. The summed E-state index contributed by atoms with van der Waals surface area (Å²) in [7, 11) is 0. The summed E-state index contributed by atoms with van der Waals surface area (Å²) in [4.78, 5) is 2.38. The smallest absolute Gasteiger partial charge is 0.177 e. The normalized spacial score (nSPS) is 28.2. The maximum absolute atomic E-state index is 5.89. The molecule has 0 saturated carbocycles. The zero-order valence-electron chi connectivity index (χ0n) is 11.6. The van der Waals surface area contributed by atoms with Crippen molar-refractivity contribution in [3.05, 3.63) is 42.0 Å². The fourth-order valence-electron chi connectivity index (χ4n) is 2.49. The first-order valence-corrected chi connectivity index (χ1v) is 7.20. The van der Waals surface area contributed by atoms with Crippen LogP contribution in [-0.2, 0) is 14.2 Å². The zero-order chi connectivity index (χ0) is 13.6. The van der Waals surface area contributed by atoms with E-state index < -0.39 is 0 Å². The van der Waals surface area contributed by atoms with Crippen LogP contribution in [0.5, 0.6) is 0 Å². The van der Waals surface area contributed by atoms with Crippen molar-refractivity contribution in [2.24, 2.45) is 0 Å². The van der Waals surface area contributed by atoms with Gasteiger partial charge in [-0.1, -0.05) is 36.4 Å². The minimum atomic E-state index is -0.221. The maximum atomic E-state index is 5.89. The molecule has 0 spiro atoms. The molecule has 4 nitrogen and oxygen atoms in total. The number of rotatable bonds is 4. The zero-order valence-corrected chi connectivity index (χ0v) is 11.6. The highest BCUT2D eigenvalue weighted by Crippen LogP contribution is 2.16. The van der Waals surface area contributed by atoms with Crippen LogP contribution in [0.4, 0.5) is 0 Å². The van der Waals surface area contributed by atoms with Crippen molar-refractivity contribution in [1.29, 1.82) is 0 Å². The van der Waals surface area contributed by atoms with Gasteiger partial charge in [0.15, 0.2) is 6.29 Å². The van der Waals surface area contributed by atoms with Crippen LogP contribution in [0.3, 0.4) is 0 Å². The van der Waals surface area contributed by atoms with Gasteiger partial charge >= 0.3 is 0 Å². The molecule has 0 aromatic heterocycles. The molecular weight excluding hydrogens is 254 g/mol. The minimum Gasteiger partial charge on any atom is -0.379 e. The Morgan fingerprint density at radius 3 is 2.75 bits per heavy atom. The van der Waals surface area contributed by atoms with E-state index in [1.165, 1.54) is 0 Å². The molecule has 2 aliphatic rings. The van der Waals surface area contributed by atoms with Gasteiger partial charge in [0, 0.05) is 19.6 Å². The molecule has 1 aromatic carbocycles. The van der Waals surface area contributed by atoms with Gasteiger partial charge in [0.25, 0.3) is 0 Å². The first-order valence-electron chi connectivity index (χ1n) is 7.20. The van der Waals surface area contributed by atoms with Crippen molar-refractivity contribution >= 4 is 6.08 Å². The number of benzene rings is 1. The van der Waals surface area contributed by atoms with Crippen LogP contribution in [-0.4, -0.2) is 56.7 Å². The number of ether oxygens (including phenoxy) is 3. The van der Waals surface area contributed by atoms with Crippen LogP contribution in [0.2, 0.25) is 0 Å². The Labute approximate surface area is 119 Å². The third-order valence-electron chi connectivity index (χ3n) is 3.58. The molecule has 2 heterocycles. The number of nitrogens with zero attached hydrogens (tertiary/aromatic N) is 1. The van der Waals surface area contributed by atoms with Gasteiger partial charge in [0.2, 0.25) is 0 Å². The average molecular weight is 275 g/mol. The average Bonchev–Trinajstić information content (AvgIpc) is 2.95. The van der Waals surface area contributed by atoms with Gasteiger partial charge in [0.05, 0.1) is 25.9 Å². The third-order valence-corrected chi connectivity index (χ3v) is 3.58. The molecule has 108 valence electrons. The van der Waals surface area contributed by atoms with Gasteiger partial charge in [0.1, 0.15) is 0 Å². The van der Waals surface area contributed by atoms with Gasteiger partial charge in [-0.2, -0.15) is 0 Å². The minimum absolute atomic E-state index is 0.165. The van der Waals surface area contributed by atoms with Gasteiger partial charge in [-0.05, 0) is 11.6 Å². The molecule has 0 N–H and O–H groups in total. The molecule has 0 amide bonds. The Hall–Kier alpha value is -1.20. The van der Waals surface area contributed by atoms with E-state index >= 15 is 0 Å². The summed E-state index contributed by atoms with van der Waals surface area (Å²) >= 11 is 0. The van der Waals surface area contributed by atoms with Crippen molar-refractivity contribution < 1.29 is 14.2 Å². The van der Waals surface area contributed by atoms with E-state index in [0.29, 0.717) is 6.61 Å². The van der Waals surface area contributed by atoms with Crippen molar-refractivity contribution in [1.82, 2.24) is 4.90 Å². The summed E-state index contributed by atoms with van der Waals surface area (Å²) in [5, 5.41) is 0. The van der Waals surface area contributed by atoms with Crippen LogP contribution in [0, 0.1) is 0 Å². The van der Waals surface area contributed by atoms with Crippen molar-refractivity contribution in [2.75, 3.05) is 39.5 Å². The van der Waals surface area contributed by atoms with E-state index in [1.54, 1.807) is 0 Å². The van der Waals surface area contributed by atoms with Crippen molar-refractivity contribution in [3.8, 4) is 0 Å². The van der Waals surface area contributed by atoms with E-state index in [0.717, 1.165) is 38.4 Å². The van der Waals surface area contributed by atoms with E-state index in [2.05, 4.69) is 17.0 Å². The van der Waals surface area contributed by atoms with E-state index in [4.69, 9.17) is 14.2 Å². The second kappa shape index (κ2) is 6.99. The molecular formula is C16H21NO3. The Bertz CT molecular complexity index is 429. The van der Waals surface area contributed by atoms with Crippen LogP contribution >= 0.6 is 0 Å². The highest BCUT2D eigenvalue weighted by atomic mass is 16.7. The molecule has 0 radical (unpaired) electrons.